The normalized spacial score (nSPS) is 14.8. The van der Waals surface area contributed by atoms with Crippen molar-refractivity contribution in [3.63, 3.8) is 0 Å². The average molecular weight is 521 g/mol. The maximum absolute atomic E-state index is 13.3. The third-order valence-electron chi connectivity index (χ3n) is 5.25. The standard InChI is InChI=1S/C22H24N4O7S2/c1-13(2)8-9-26-12-15(17-5-4-10-33-17)20(27)19(22(26)28)21-23-16-7-6-14(24-34(3,29)30)11-18(16)35(31,32)25-21/h4-7,10-13,24,27H,8-9H2,1-3H3,(H,23,25). The number of anilines is 2. The number of aryl methyl sites for hydroxylation is 1. The highest BCUT2D eigenvalue weighted by molar-refractivity contribution is 7.92. The summed E-state index contributed by atoms with van der Waals surface area (Å²) in [6, 6.07) is 7.07. The molecule has 2 aromatic heterocycles. The highest BCUT2D eigenvalue weighted by Crippen LogP contribution is 2.35. The Labute approximate surface area is 202 Å². The second-order valence-corrected chi connectivity index (χ2v) is 11.9. The minimum atomic E-state index is -4.35. The van der Waals surface area contributed by atoms with Crippen molar-refractivity contribution in [1.29, 1.82) is 0 Å². The summed E-state index contributed by atoms with van der Waals surface area (Å²) < 4.78 is 61.8. The minimum Gasteiger partial charge on any atom is -0.506 e. The largest absolute Gasteiger partial charge is 0.506 e. The Morgan fingerprint density at radius 1 is 1.26 bits per heavy atom. The average Bonchev–Trinajstić information content (AvgIpc) is 3.27. The molecular weight excluding hydrogens is 496 g/mol. The van der Waals surface area contributed by atoms with Gasteiger partial charge in [-0.25, -0.2) is 8.42 Å². The lowest BCUT2D eigenvalue weighted by Gasteiger charge is -2.21. The van der Waals surface area contributed by atoms with E-state index in [9.17, 15) is 26.7 Å². The number of pyridine rings is 1. The van der Waals surface area contributed by atoms with E-state index in [4.69, 9.17) is 4.42 Å². The summed E-state index contributed by atoms with van der Waals surface area (Å²) in [4.78, 5) is 13.1. The number of hydrogen-bond acceptors (Lipinski definition) is 8. The van der Waals surface area contributed by atoms with Crippen LogP contribution in [0.25, 0.3) is 11.3 Å². The van der Waals surface area contributed by atoms with Crippen molar-refractivity contribution in [2.75, 3.05) is 16.3 Å². The molecule has 1 aromatic carbocycles. The van der Waals surface area contributed by atoms with E-state index < -0.39 is 31.4 Å². The van der Waals surface area contributed by atoms with E-state index in [-0.39, 0.29) is 33.2 Å². The van der Waals surface area contributed by atoms with E-state index in [0.717, 1.165) is 12.3 Å². The maximum Gasteiger partial charge on any atom is 0.286 e. The Morgan fingerprint density at radius 2 is 2.00 bits per heavy atom. The number of hydrogen-bond donors (Lipinski definition) is 3. The van der Waals surface area contributed by atoms with E-state index in [1.807, 2.05) is 13.8 Å². The fourth-order valence-electron chi connectivity index (χ4n) is 3.59. The Bertz CT molecular complexity index is 1590. The van der Waals surface area contributed by atoms with Gasteiger partial charge in [-0.2, -0.15) is 8.42 Å². The summed E-state index contributed by atoms with van der Waals surface area (Å²) in [7, 11) is -7.98. The highest BCUT2D eigenvalue weighted by Gasteiger charge is 2.31. The van der Waals surface area contributed by atoms with Crippen LogP contribution in [0, 0.1) is 5.92 Å². The molecule has 3 aromatic rings. The predicted molar refractivity (Wildman–Crippen MR) is 132 cm³/mol. The molecule has 11 nitrogen and oxygen atoms in total. The molecular formula is C22H24N4O7S2. The van der Waals surface area contributed by atoms with Gasteiger partial charge in [0.15, 0.2) is 5.84 Å². The number of aromatic hydroxyl groups is 1. The van der Waals surface area contributed by atoms with Crippen molar-refractivity contribution in [3.8, 4) is 17.1 Å². The van der Waals surface area contributed by atoms with Crippen LogP contribution < -0.4 is 15.6 Å². The first-order valence-electron chi connectivity index (χ1n) is 10.6. The van der Waals surface area contributed by atoms with Gasteiger partial charge in [-0.3, -0.25) is 9.52 Å². The third-order valence-corrected chi connectivity index (χ3v) is 7.17. The Kier molecular flexibility index (Phi) is 6.23. The van der Waals surface area contributed by atoms with Gasteiger partial charge in [0.2, 0.25) is 10.0 Å². The molecule has 0 unspecified atom stereocenters. The van der Waals surface area contributed by atoms with E-state index >= 15 is 0 Å². The summed E-state index contributed by atoms with van der Waals surface area (Å²) in [5.41, 5.74) is -0.637. The molecule has 0 bridgehead atoms. The van der Waals surface area contributed by atoms with Gasteiger partial charge in [0.1, 0.15) is 22.0 Å². The lowest BCUT2D eigenvalue weighted by Crippen LogP contribution is -2.32. The Balaban J connectivity index is 1.87. The Hall–Kier alpha value is -3.58. The van der Waals surface area contributed by atoms with Crippen molar-refractivity contribution in [1.82, 2.24) is 4.57 Å². The van der Waals surface area contributed by atoms with Gasteiger partial charge in [0.25, 0.3) is 15.6 Å². The summed E-state index contributed by atoms with van der Waals surface area (Å²) in [5, 5.41) is 13.8. The Morgan fingerprint density at radius 3 is 2.63 bits per heavy atom. The fraction of sp³-hybridized carbons (Fsp3) is 0.273. The third kappa shape index (κ3) is 5.10. The van der Waals surface area contributed by atoms with Crippen LogP contribution in [-0.4, -0.2) is 38.6 Å². The second-order valence-electron chi connectivity index (χ2n) is 8.55. The van der Waals surface area contributed by atoms with Gasteiger partial charge in [0.05, 0.1) is 23.8 Å². The topological polar surface area (TPSA) is 160 Å². The number of fused-ring (bicyclic) bond motifs is 1. The molecule has 0 fully saturated rings. The quantitative estimate of drug-likeness (QED) is 0.429. The van der Waals surface area contributed by atoms with Crippen molar-refractivity contribution >= 4 is 37.3 Å². The first kappa shape index (κ1) is 24.5. The zero-order valence-corrected chi connectivity index (χ0v) is 20.8. The van der Waals surface area contributed by atoms with Gasteiger partial charge in [-0.05, 0) is 42.7 Å². The zero-order chi connectivity index (χ0) is 25.5. The number of sulfonamides is 2. The molecule has 1 aliphatic rings. The zero-order valence-electron chi connectivity index (χ0n) is 19.1. The molecule has 1 aliphatic heterocycles. The van der Waals surface area contributed by atoms with Crippen LogP contribution in [0.1, 0.15) is 25.8 Å². The molecule has 0 spiro atoms. The summed E-state index contributed by atoms with van der Waals surface area (Å²) in [6.45, 7) is 4.33. The first-order valence-corrected chi connectivity index (χ1v) is 13.9. The highest BCUT2D eigenvalue weighted by atomic mass is 32.2. The first-order chi connectivity index (χ1) is 16.4. The van der Waals surface area contributed by atoms with Crippen LogP contribution in [-0.2, 0) is 26.6 Å². The van der Waals surface area contributed by atoms with Gasteiger partial charge in [-0.15, -0.1) is 4.40 Å². The molecule has 0 radical (unpaired) electrons. The number of nitrogens with one attached hydrogen (secondary N) is 2. The molecule has 0 saturated heterocycles. The predicted octanol–water partition coefficient (Wildman–Crippen LogP) is 2.79. The molecule has 0 atom stereocenters. The van der Waals surface area contributed by atoms with Crippen LogP contribution in [0.15, 0.2) is 61.3 Å². The maximum atomic E-state index is 13.3. The van der Waals surface area contributed by atoms with E-state index in [1.54, 1.807) is 12.1 Å². The number of furan rings is 1. The monoisotopic (exact) mass is 520 g/mol. The molecule has 0 aliphatic carbocycles. The van der Waals surface area contributed by atoms with Gasteiger partial charge in [-0.1, -0.05) is 13.8 Å². The molecule has 0 saturated carbocycles. The van der Waals surface area contributed by atoms with Crippen LogP contribution in [0.2, 0.25) is 0 Å². The second kappa shape index (κ2) is 8.89. The molecule has 186 valence electrons. The van der Waals surface area contributed by atoms with Gasteiger partial charge in [0, 0.05) is 18.4 Å². The summed E-state index contributed by atoms with van der Waals surface area (Å²) in [5.74, 6) is -0.252. The van der Waals surface area contributed by atoms with E-state index in [2.05, 4.69) is 14.4 Å². The van der Waals surface area contributed by atoms with Crippen molar-refractivity contribution in [2.24, 2.45) is 10.3 Å². The smallest absolute Gasteiger partial charge is 0.286 e. The summed E-state index contributed by atoms with van der Waals surface area (Å²) >= 11 is 0. The van der Waals surface area contributed by atoms with E-state index in [0.29, 0.717) is 24.6 Å². The van der Waals surface area contributed by atoms with Gasteiger partial charge >= 0.3 is 0 Å². The van der Waals surface area contributed by atoms with Crippen LogP contribution in [0.4, 0.5) is 11.4 Å². The number of benzene rings is 1. The fourth-order valence-corrected chi connectivity index (χ4v) is 5.29. The van der Waals surface area contributed by atoms with Crippen LogP contribution >= 0.6 is 0 Å². The van der Waals surface area contributed by atoms with Crippen molar-refractivity contribution < 1.29 is 26.4 Å². The van der Waals surface area contributed by atoms with Crippen molar-refractivity contribution in [3.05, 3.63) is 58.7 Å². The SMILES string of the molecule is CC(C)CCn1cc(-c2ccco2)c(O)c(C2=NS(=O)(=O)c3cc(NS(C)(=O)=O)ccc3N2)c1=O. The molecule has 35 heavy (non-hydrogen) atoms. The number of amidine groups is 1. The molecule has 4 rings (SSSR count). The van der Waals surface area contributed by atoms with E-state index in [1.165, 1.54) is 29.2 Å². The van der Waals surface area contributed by atoms with Crippen LogP contribution in [0.3, 0.4) is 0 Å². The lowest BCUT2D eigenvalue weighted by atomic mass is 10.1. The minimum absolute atomic E-state index is 0.0361. The number of nitrogens with zero attached hydrogens (tertiary/aromatic N) is 2. The van der Waals surface area contributed by atoms with Crippen LogP contribution in [0.5, 0.6) is 5.75 Å². The number of aromatic nitrogens is 1. The molecule has 3 heterocycles. The number of rotatable bonds is 7. The summed E-state index contributed by atoms with van der Waals surface area (Å²) in [6.07, 6.45) is 4.49. The lowest BCUT2D eigenvalue weighted by molar-refractivity contribution is 0.462. The van der Waals surface area contributed by atoms with Gasteiger partial charge < -0.3 is 19.4 Å². The molecule has 0 amide bonds. The molecule has 3 N–H and O–H groups in total. The van der Waals surface area contributed by atoms with Crippen molar-refractivity contribution in [2.45, 2.75) is 31.7 Å². The molecule has 13 heteroatoms.